The van der Waals surface area contributed by atoms with E-state index < -0.39 is 0 Å². The van der Waals surface area contributed by atoms with Crippen LogP contribution in [0.5, 0.6) is 5.75 Å². The van der Waals surface area contributed by atoms with Gasteiger partial charge < -0.3 is 10.1 Å². The minimum Gasteiger partial charge on any atom is -0.495 e. The van der Waals surface area contributed by atoms with Crippen LogP contribution in [0.15, 0.2) is 18.2 Å². The molecule has 1 amide bonds. The fourth-order valence-corrected chi connectivity index (χ4v) is 3.35. The SMILES string of the molecule is COc1ccc(C)cc1NC(=O)[C@@H](C)N1C[C@@H](C)C[C@H](C)C1. The number of methoxy groups -OCH3 is 1. The molecule has 22 heavy (non-hydrogen) atoms. The minimum atomic E-state index is -0.129. The molecule has 1 aliphatic heterocycles. The lowest BCUT2D eigenvalue weighted by Gasteiger charge is -2.38. The lowest BCUT2D eigenvalue weighted by Crippen LogP contribution is -2.48. The summed E-state index contributed by atoms with van der Waals surface area (Å²) < 4.78 is 5.33. The van der Waals surface area contributed by atoms with Gasteiger partial charge in [0.05, 0.1) is 18.8 Å². The van der Waals surface area contributed by atoms with Gasteiger partial charge in [0.1, 0.15) is 5.75 Å². The second kappa shape index (κ2) is 7.14. The first-order valence-electron chi connectivity index (χ1n) is 8.10. The summed E-state index contributed by atoms with van der Waals surface area (Å²) >= 11 is 0. The van der Waals surface area contributed by atoms with E-state index in [-0.39, 0.29) is 11.9 Å². The van der Waals surface area contributed by atoms with E-state index in [2.05, 4.69) is 24.1 Å². The molecule has 1 fully saturated rings. The highest BCUT2D eigenvalue weighted by atomic mass is 16.5. The van der Waals surface area contributed by atoms with Crippen LogP contribution in [0.1, 0.15) is 32.8 Å². The Hall–Kier alpha value is -1.55. The van der Waals surface area contributed by atoms with Gasteiger partial charge in [-0.05, 0) is 49.8 Å². The topological polar surface area (TPSA) is 41.6 Å². The molecule has 1 aliphatic rings. The van der Waals surface area contributed by atoms with Crippen LogP contribution >= 0.6 is 0 Å². The summed E-state index contributed by atoms with van der Waals surface area (Å²) in [6.45, 7) is 10.5. The van der Waals surface area contributed by atoms with Gasteiger partial charge in [-0.25, -0.2) is 0 Å². The van der Waals surface area contributed by atoms with Crippen LogP contribution in [0.3, 0.4) is 0 Å². The Labute approximate surface area is 133 Å². The highest BCUT2D eigenvalue weighted by molar-refractivity contribution is 5.95. The number of piperidine rings is 1. The smallest absolute Gasteiger partial charge is 0.241 e. The van der Waals surface area contributed by atoms with Gasteiger partial charge in [0.25, 0.3) is 0 Å². The van der Waals surface area contributed by atoms with Crippen LogP contribution < -0.4 is 10.1 Å². The third-order valence-corrected chi connectivity index (χ3v) is 4.44. The van der Waals surface area contributed by atoms with Crippen molar-refractivity contribution >= 4 is 11.6 Å². The fourth-order valence-electron chi connectivity index (χ4n) is 3.35. The molecule has 2 rings (SSSR count). The van der Waals surface area contributed by atoms with Crippen LogP contribution in [0, 0.1) is 18.8 Å². The van der Waals surface area contributed by atoms with E-state index in [1.54, 1.807) is 7.11 Å². The number of amides is 1. The molecule has 1 saturated heterocycles. The summed E-state index contributed by atoms with van der Waals surface area (Å²) in [5, 5.41) is 3.02. The van der Waals surface area contributed by atoms with Crippen molar-refractivity contribution in [3.63, 3.8) is 0 Å². The standard InChI is InChI=1S/C18H28N2O2/c1-12-6-7-17(22-5)16(9-12)19-18(21)15(4)20-10-13(2)8-14(3)11-20/h6-7,9,13-15H,8,10-11H2,1-5H3,(H,19,21)/t13-,14-,15+/m0/s1. The zero-order chi connectivity index (χ0) is 16.3. The Morgan fingerprint density at radius 2 is 1.95 bits per heavy atom. The zero-order valence-electron chi connectivity index (χ0n) is 14.3. The Bertz CT molecular complexity index is 520. The van der Waals surface area contributed by atoms with E-state index in [0.717, 1.165) is 24.3 Å². The monoisotopic (exact) mass is 304 g/mol. The Kier molecular flexibility index (Phi) is 5.46. The molecule has 0 aromatic heterocycles. The van der Waals surface area contributed by atoms with E-state index in [9.17, 15) is 4.79 Å². The number of nitrogens with zero attached hydrogens (tertiary/aromatic N) is 1. The predicted molar refractivity (Wildman–Crippen MR) is 90.3 cm³/mol. The Morgan fingerprint density at radius 1 is 1.32 bits per heavy atom. The summed E-state index contributed by atoms with van der Waals surface area (Å²) in [6, 6.07) is 5.69. The van der Waals surface area contributed by atoms with Gasteiger partial charge in [-0.3, -0.25) is 9.69 Å². The van der Waals surface area contributed by atoms with Gasteiger partial charge in [-0.1, -0.05) is 19.9 Å². The largest absolute Gasteiger partial charge is 0.495 e. The molecule has 0 aliphatic carbocycles. The van der Waals surface area contributed by atoms with Crippen molar-refractivity contribution in [2.45, 2.75) is 40.2 Å². The second-order valence-electron chi connectivity index (χ2n) is 6.77. The molecule has 0 saturated carbocycles. The number of hydrogen-bond donors (Lipinski definition) is 1. The van der Waals surface area contributed by atoms with Crippen LogP contribution in [0.2, 0.25) is 0 Å². The van der Waals surface area contributed by atoms with E-state index in [1.165, 1.54) is 6.42 Å². The van der Waals surface area contributed by atoms with Gasteiger partial charge in [0.15, 0.2) is 0 Å². The van der Waals surface area contributed by atoms with Crippen LogP contribution in [0.4, 0.5) is 5.69 Å². The van der Waals surface area contributed by atoms with Crippen molar-refractivity contribution in [1.29, 1.82) is 0 Å². The summed E-state index contributed by atoms with van der Waals surface area (Å²) in [4.78, 5) is 14.9. The maximum absolute atomic E-state index is 12.6. The van der Waals surface area contributed by atoms with Crippen molar-refractivity contribution in [3.05, 3.63) is 23.8 Å². The van der Waals surface area contributed by atoms with Gasteiger partial charge in [-0.15, -0.1) is 0 Å². The average molecular weight is 304 g/mol. The maximum Gasteiger partial charge on any atom is 0.241 e. The number of hydrogen-bond acceptors (Lipinski definition) is 3. The lowest BCUT2D eigenvalue weighted by atomic mass is 9.91. The molecular weight excluding hydrogens is 276 g/mol. The zero-order valence-corrected chi connectivity index (χ0v) is 14.3. The summed E-state index contributed by atoms with van der Waals surface area (Å²) in [5.74, 6) is 2.02. The number of carbonyl (C=O) groups excluding carboxylic acids is 1. The number of carbonyl (C=O) groups is 1. The maximum atomic E-state index is 12.6. The minimum absolute atomic E-state index is 0.0326. The number of anilines is 1. The van der Waals surface area contributed by atoms with E-state index >= 15 is 0 Å². The van der Waals surface area contributed by atoms with Gasteiger partial charge in [0.2, 0.25) is 5.91 Å². The lowest BCUT2D eigenvalue weighted by molar-refractivity contribution is -0.121. The van der Waals surface area contributed by atoms with Gasteiger partial charge >= 0.3 is 0 Å². The highest BCUT2D eigenvalue weighted by Crippen LogP contribution is 2.27. The first kappa shape index (κ1) is 16.8. The second-order valence-corrected chi connectivity index (χ2v) is 6.77. The summed E-state index contributed by atoms with van der Waals surface area (Å²) in [5.41, 5.74) is 1.85. The molecule has 0 bridgehead atoms. The number of aryl methyl sites for hydroxylation is 1. The molecule has 0 unspecified atom stereocenters. The molecule has 0 radical (unpaired) electrons. The molecule has 0 spiro atoms. The van der Waals surface area contributed by atoms with E-state index in [0.29, 0.717) is 17.6 Å². The highest BCUT2D eigenvalue weighted by Gasteiger charge is 2.29. The van der Waals surface area contributed by atoms with E-state index in [4.69, 9.17) is 4.74 Å². The first-order chi connectivity index (χ1) is 10.4. The molecule has 1 aromatic carbocycles. The molecule has 1 N–H and O–H groups in total. The Morgan fingerprint density at radius 3 is 2.55 bits per heavy atom. The number of nitrogens with one attached hydrogen (secondary N) is 1. The van der Waals surface area contributed by atoms with Crippen LogP contribution in [-0.4, -0.2) is 37.0 Å². The number of rotatable bonds is 4. The van der Waals surface area contributed by atoms with Crippen molar-refractivity contribution in [2.24, 2.45) is 11.8 Å². The van der Waals surface area contributed by atoms with Crippen LogP contribution in [0.25, 0.3) is 0 Å². The quantitative estimate of drug-likeness (QED) is 0.928. The fraction of sp³-hybridized carbons (Fsp3) is 0.611. The molecule has 4 heteroatoms. The summed E-state index contributed by atoms with van der Waals surface area (Å²) in [7, 11) is 1.62. The molecule has 122 valence electrons. The van der Waals surface area contributed by atoms with Crippen LogP contribution in [-0.2, 0) is 4.79 Å². The predicted octanol–water partition coefficient (Wildman–Crippen LogP) is 3.31. The number of likely N-dealkylation sites (tertiary alicyclic amines) is 1. The van der Waals surface area contributed by atoms with E-state index in [1.807, 2.05) is 32.0 Å². The third-order valence-electron chi connectivity index (χ3n) is 4.44. The summed E-state index contributed by atoms with van der Waals surface area (Å²) in [6.07, 6.45) is 1.25. The van der Waals surface area contributed by atoms with Crippen molar-refractivity contribution in [3.8, 4) is 5.75 Å². The number of ether oxygens (including phenoxy) is 1. The van der Waals surface area contributed by atoms with Gasteiger partial charge in [0, 0.05) is 13.1 Å². The molecule has 1 aromatic rings. The van der Waals surface area contributed by atoms with Crippen molar-refractivity contribution in [1.82, 2.24) is 4.90 Å². The normalized spacial score (nSPS) is 23.9. The average Bonchev–Trinajstić information content (AvgIpc) is 2.45. The molecule has 3 atom stereocenters. The first-order valence-corrected chi connectivity index (χ1v) is 8.10. The van der Waals surface area contributed by atoms with Gasteiger partial charge in [-0.2, -0.15) is 0 Å². The van der Waals surface area contributed by atoms with Crippen molar-refractivity contribution in [2.75, 3.05) is 25.5 Å². The number of benzene rings is 1. The molecular formula is C18H28N2O2. The molecule has 4 nitrogen and oxygen atoms in total. The Balaban J connectivity index is 2.07. The van der Waals surface area contributed by atoms with Crippen molar-refractivity contribution < 1.29 is 9.53 Å². The molecule has 1 heterocycles. The third kappa shape index (κ3) is 4.01.